The number of benzene rings is 2. The Labute approximate surface area is 173 Å². The first-order chi connectivity index (χ1) is 13.7. The Morgan fingerprint density at radius 2 is 1.97 bits per heavy atom. The van der Waals surface area contributed by atoms with Crippen molar-refractivity contribution in [2.75, 3.05) is 19.6 Å². The Bertz CT molecular complexity index is 996. The van der Waals surface area contributed by atoms with Crippen molar-refractivity contribution in [3.63, 3.8) is 0 Å². The molecular weight excluding hydrogens is 395 g/mol. The average molecular weight is 415 g/mol. The van der Waals surface area contributed by atoms with Crippen LogP contribution in [0.2, 0.25) is 0 Å². The summed E-state index contributed by atoms with van der Waals surface area (Å²) >= 11 is 0. The molecule has 0 aliphatic carbocycles. The summed E-state index contributed by atoms with van der Waals surface area (Å²) in [5.74, 6) is 0.376. The summed E-state index contributed by atoms with van der Waals surface area (Å²) in [7, 11) is 0. The van der Waals surface area contributed by atoms with Gasteiger partial charge in [-0.25, -0.2) is 9.07 Å². The number of carbonyl (C=O) groups excluding carboxylic acids is 1. The van der Waals surface area contributed by atoms with Crippen LogP contribution in [-0.4, -0.2) is 50.6 Å². The lowest BCUT2D eigenvalue weighted by atomic mass is 9.89. The largest absolute Gasteiger partial charge is 0.331 e. The van der Waals surface area contributed by atoms with E-state index >= 15 is 0 Å². The monoisotopic (exact) mass is 414 g/mol. The number of nitrogens with one attached hydrogen (secondary N) is 1. The summed E-state index contributed by atoms with van der Waals surface area (Å²) < 4.78 is 15.4. The number of hydrogen-bond donors (Lipinski definition) is 1. The van der Waals surface area contributed by atoms with Crippen LogP contribution in [0, 0.1) is 17.7 Å². The molecule has 2 saturated heterocycles. The summed E-state index contributed by atoms with van der Waals surface area (Å²) in [5, 5.41) is 14.5. The predicted molar refractivity (Wildman–Crippen MR) is 106 cm³/mol. The van der Waals surface area contributed by atoms with E-state index in [1.165, 1.54) is 17.1 Å². The number of rotatable bonds is 3. The van der Waals surface area contributed by atoms with Crippen molar-refractivity contribution in [2.45, 2.75) is 6.04 Å². The second-order valence-corrected chi connectivity index (χ2v) is 7.34. The Balaban J connectivity index is 0.00000205. The van der Waals surface area contributed by atoms with Crippen LogP contribution in [0.3, 0.4) is 0 Å². The fourth-order valence-electron chi connectivity index (χ4n) is 4.45. The van der Waals surface area contributed by atoms with Gasteiger partial charge in [-0.1, -0.05) is 12.1 Å². The Morgan fingerprint density at radius 3 is 2.69 bits per heavy atom. The first-order valence-electron chi connectivity index (χ1n) is 9.31. The minimum Gasteiger partial charge on any atom is -0.331 e. The molecule has 1 amide bonds. The highest BCUT2D eigenvalue weighted by molar-refractivity contribution is 5.95. The molecule has 3 heterocycles. The molecule has 0 radical (unpaired) electrons. The molecule has 0 bridgehead atoms. The highest BCUT2D eigenvalue weighted by Gasteiger charge is 2.46. The van der Waals surface area contributed by atoms with Crippen molar-refractivity contribution in [3.8, 4) is 5.69 Å². The Kier molecular flexibility index (Phi) is 5.29. The molecule has 2 aromatic carbocycles. The van der Waals surface area contributed by atoms with E-state index in [-0.39, 0.29) is 30.2 Å². The molecule has 3 aromatic rings. The first kappa shape index (κ1) is 19.5. The molecule has 3 atom stereocenters. The van der Waals surface area contributed by atoms with Crippen molar-refractivity contribution >= 4 is 18.3 Å². The lowest BCUT2D eigenvalue weighted by Crippen LogP contribution is -2.34. The van der Waals surface area contributed by atoms with E-state index in [2.05, 4.69) is 20.8 Å². The molecule has 1 aromatic heterocycles. The minimum atomic E-state index is -0.273. The molecule has 0 spiro atoms. The van der Waals surface area contributed by atoms with E-state index in [9.17, 15) is 9.18 Å². The topological polar surface area (TPSA) is 75.9 Å². The number of likely N-dealkylation sites (tertiary alicyclic amines) is 1. The number of fused-ring (bicyclic) bond motifs is 1. The lowest BCUT2D eigenvalue weighted by Gasteiger charge is -2.28. The minimum absolute atomic E-state index is 0. The van der Waals surface area contributed by atoms with Gasteiger partial charge in [0.15, 0.2) is 0 Å². The summed E-state index contributed by atoms with van der Waals surface area (Å²) in [6.07, 6.45) is 1.51. The first-order valence-corrected chi connectivity index (χ1v) is 9.31. The maximum Gasteiger partial charge on any atom is 0.254 e. The van der Waals surface area contributed by atoms with Gasteiger partial charge in [0, 0.05) is 31.1 Å². The highest BCUT2D eigenvalue weighted by Crippen LogP contribution is 2.43. The van der Waals surface area contributed by atoms with E-state index in [1.807, 2.05) is 23.1 Å². The van der Waals surface area contributed by atoms with Crippen molar-refractivity contribution in [1.29, 1.82) is 0 Å². The van der Waals surface area contributed by atoms with Gasteiger partial charge >= 0.3 is 0 Å². The van der Waals surface area contributed by atoms with E-state index < -0.39 is 0 Å². The normalized spacial score (nSPS) is 22.9. The van der Waals surface area contributed by atoms with Crippen LogP contribution in [0.15, 0.2) is 54.9 Å². The van der Waals surface area contributed by atoms with Gasteiger partial charge < -0.3 is 10.2 Å². The fourth-order valence-corrected chi connectivity index (χ4v) is 4.45. The molecule has 2 fully saturated rings. The van der Waals surface area contributed by atoms with Gasteiger partial charge in [-0.15, -0.1) is 17.5 Å². The van der Waals surface area contributed by atoms with E-state index in [1.54, 1.807) is 24.3 Å². The quantitative estimate of drug-likeness (QED) is 0.711. The van der Waals surface area contributed by atoms with E-state index in [0.717, 1.165) is 24.3 Å². The van der Waals surface area contributed by atoms with Crippen molar-refractivity contribution in [3.05, 3.63) is 71.8 Å². The van der Waals surface area contributed by atoms with Crippen LogP contribution >= 0.6 is 12.4 Å². The maximum atomic E-state index is 13.9. The van der Waals surface area contributed by atoms with Gasteiger partial charge in [0.25, 0.3) is 5.91 Å². The lowest BCUT2D eigenvalue weighted by molar-refractivity contribution is 0.0714. The number of carbonyl (C=O) groups is 1. The van der Waals surface area contributed by atoms with Gasteiger partial charge in [0.1, 0.15) is 12.1 Å². The zero-order valence-electron chi connectivity index (χ0n) is 15.5. The van der Waals surface area contributed by atoms with Crippen LogP contribution < -0.4 is 5.32 Å². The summed E-state index contributed by atoms with van der Waals surface area (Å²) in [6.45, 7) is 2.40. The molecular formula is C20H20ClFN6O. The van der Waals surface area contributed by atoms with Crippen LogP contribution in [0.1, 0.15) is 22.0 Å². The standard InChI is InChI=1S/C20H19FN6O.ClH/c21-16-3-1-2-14(8-16)19-18-10-22-9-15(18)11-26(19)20(28)13-4-6-17(7-5-13)27-12-23-24-25-27;/h1-8,12,15,18-19,22H,9-11H2;1H/t15-,18-,19+;/m0./s1. The average Bonchev–Trinajstić information content (AvgIpc) is 3.44. The number of aromatic nitrogens is 4. The zero-order chi connectivity index (χ0) is 19.1. The second-order valence-electron chi connectivity index (χ2n) is 7.34. The smallest absolute Gasteiger partial charge is 0.254 e. The molecule has 2 aliphatic heterocycles. The number of amides is 1. The summed E-state index contributed by atoms with van der Waals surface area (Å²) in [6, 6.07) is 13.7. The van der Waals surface area contributed by atoms with Gasteiger partial charge in [-0.2, -0.15) is 0 Å². The van der Waals surface area contributed by atoms with Crippen LogP contribution in [0.5, 0.6) is 0 Å². The van der Waals surface area contributed by atoms with Gasteiger partial charge in [-0.3, -0.25) is 4.79 Å². The third-order valence-corrected chi connectivity index (χ3v) is 5.74. The Hall–Kier alpha value is -2.84. The zero-order valence-corrected chi connectivity index (χ0v) is 16.3. The van der Waals surface area contributed by atoms with Gasteiger partial charge in [0.05, 0.1) is 11.7 Å². The molecule has 0 unspecified atom stereocenters. The van der Waals surface area contributed by atoms with Crippen LogP contribution in [0.4, 0.5) is 4.39 Å². The number of nitrogens with zero attached hydrogens (tertiary/aromatic N) is 5. The third-order valence-electron chi connectivity index (χ3n) is 5.74. The fraction of sp³-hybridized carbons (Fsp3) is 0.300. The van der Waals surface area contributed by atoms with Crippen LogP contribution in [0.25, 0.3) is 5.69 Å². The third kappa shape index (κ3) is 3.49. The van der Waals surface area contributed by atoms with E-state index in [4.69, 9.17) is 0 Å². The van der Waals surface area contributed by atoms with Gasteiger partial charge in [0.2, 0.25) is 0 Å². The highest BCUT2D eigenvalue weighted by atomic mass is 35.5. The van der Waals surface area contributed by atoms with Crippen molar-refractivity contribution < 1.29 is 9.18 Å². The molecule has 2 aliphatic rings. The van der Waals surface area contributed by atoms with Crippen molar-refractivity contribution in [1.82, 2.24) is 30.4 Å². The summed E-state index contributed by atoms with van der Waals surface area (Å²) in [5.41, 5.74) is 2.24. The second kappa shape index (κ2) is 7.88. The number of halogens is 2. The van der Waals surface area contributed by atoms with Gasteiger partial charge in [-0.05, 0) is 58.3 Å². The SMILES string of the molecule is Cl.O=C(c1ccc(-n2cnnn2)cc1)N1C[C@@H]2CNC[C@@H]2[C@H]1c1cccc(F)c1. The summed E-state index contributed by atoms with van der Waals surface area (Å²) in [4.78, 5) is 15.2. The Morgan fingerprint density at radius 1 is 1.14 bits per heavy atom. The maximum absolute atomic E-state index is 13.9. The van der Waals surface area contributed by atoms with Crippen LogP contribution in [-0.2, 0) is 0 Å². The molecule has 0 saturated carbocycles. The molecule has 1 N–H and O–H groups in total. The predicted octanol–water partition coefficient (Wildman–Crippen LogP) is 2.26. The number of tetrazole rings is 1. The molecule has 29 heavy (non-hydrogen) atoms. The molecule has 7 nitrogen and oxygen atoms in total. The molecule has 9 heteroatoms. The van der Waals surface area contributed by atoms with E-state index in [0.29, 0.717) is 23.9 Å². The molecule has 150 valence electrons. The van der Waals surface area contributed by atoms with Crippen molar-refractivity contribution in [2.24, 2.45) is 11.8 Å². The number of hydrogen-bond acceptors (Lipinski definition) is 5. The molecule has 5 rings (SSSR count).